The third-order valence-electron chi connectivity index (χ3n) is 2.60. The van der Waals surface area contributed by atoms with Crippen LogP contribution in [0.15, 0.2) is 4.90 Å². The summed E-state index contributed by atoms with van der Waals surface area (Å²) in [6.45, 7) is 5.36. The van der Waals surface area contributed by atoms with Crippen LogP contribution in [0.25, 0.3) is 0 Å². The van der Waals surface area contributed by atoms with Crippen LogP contribution < -0.4 is 4.72 Å². The summed E-state index contributed by atoms with van der Waals surface area (Å²) in [6, 6.07) is -0.0481. The zero-order valence-corrected chi connectivity index (χ0v) is 12.7. The van der Waals surface area contributed by atoms with Gasteiger partial charge in [0.05, 0.1) is 11.4 Å². The Kier molecular flexibility index (Phi) is 5.15. The van der Waals surface area contributed by atoms with E-state index < -0.39 is 10.0 Å². The van der Waals surface area contributed by atoms with E-state index in [-0.39, 0.29) is 10.9 Å². The monoisotopic (exact) mass is 323 g/mol. The summed E-state index contributed by atoms with van der Waals surface area (Å²) < 4.78 is 27.1. The molecule has 0 aliphatic carbocycles. The summed E-state index contributed by atoms with van der Waals surface area (Å²) in [4.78, 5) is 0.269. The molecular formula is C10H18BrN3O2S. The Balaban J connectivity index is 2.96. The average Bonchev–Trinajstić information content (AvgIpc) is 2.58. The topological polar surface area (TPSA) is 74.8 Å². The highest BCUT2D eigenvalue weighted by Gasteiger charge is 2.24. The van der Waals surface area contributed by atoms with E-state index in [1.165, 1.54) is 0 Å². The van der Waals surface area contributed by atoms with Gasteiger partial charge >= 0.3 is 0 Å². The Hall–Kier alpha value is -0.400. The Labute approximate surface area is 111 Å². The van der Waals surface area contributed by atoms with Gasteiger partial charge in [-0.2, -0.15) is 5.10 Å². The maximum atomic E-state index is 12.2. The van der Waals surface area contributed by atoms with Gasteiger partial charge in [-0.3, -0.25) is 5.10 Å². The van der Waals surface area contributed by atoms with Crippen molar-refractivity contribution >= 4 is 26.0 Å². The molecule has 0 saturated heterocycles. The Morgan fingerprint density at radius 3 is 2.53 bits per heavy atom. The molecule has 0 amide bonds. The number of H-pyrrole nitrogens is 1. The van der Waals surface area contributed by atoms with E-state index in [0.717, 1.165) is 18.2 Å². The number of hydrogen-bond donors (Lipinski definition) is 2. The number of sulfonamides is 1. The van der Waals surface area contributed by atoms with Gasteiger partial charge in [-0.1, -0.05) is 22.9 Å². The molecule has 1 aromatic heterocycles. The maximum absolute atomic E-state index is 12.2. The Morgan fingerprint density at radius 1 is 1.47 bits per heavy atom. The van der Waals surface area contributed by atoms with Gasteiger partial charge in [-0.15, -0.1) is 0 Å². The van der Waals surface area contributed by atoms with Crippen molar-refractivity contribution in [1.82, 2.24) is 14.9 Å². The number of rotatable bonds is 6. The van der Waals surface area contributed by atoms with Gasteiger partial charge in [0.1, 0.15) is 4.90 Å². The third-order valence-corrected chi connectivity index (χ3v) is 4.84. The minimum atomic E-state index is -3.48. The summed E-state index contributed by atoms with van der Waals surface area (Å²) in [7, 11) is -3.48. The van der Waals surface area contributed by atoms with Gasteiger partial charge in [0.2, 0.25) is 10.0 Å². The van der Waals surface area contributed by atoms with E-state index in [1.54, 1.807) is 13.8 Å². The van der Waals surface area contributed by atoms with E-state index in [1.807, 2.05) is 6.92 Å². The van der Waals surface area contributed by atoms with E-state index in [4.69, 9.17) is 0 Å². The molecule has 0 bridgehead atoms. The fourth-order valence-corrected chi connectivity index (χ4v) is 3.97. The molecule has 1 rings (SSSR count). The first-order valence-electron chi connectivity index (χ1n) is 5.52. The van der Waals surface area contributed by atoms with Gasteiger partial charge in [0.25, 0.3) is 0 Å². The number of hydrogen-bond acceptors (Lipinski definition) is 3. The first-order chi connectivity index (χ1) is 7.92. The van der Waals surface area contributed by atoms with Crippen LogP contribution in [0.4, 0.5) is 0 Å². The zero-order chi connectivity index (χ0) is 13.1. The van der Waals surface area contributed by atoms with Crippen molar-refractivity contribution in [1.29, 1.82) is 0 Å². The third kappa shape index (κ3) is 3.53. The number of nitrogens with one attached hydrogen (secondary N) is 2. The van der Waals surface area contributed by atoms with Crippen molar-refractivity contribution in [3.05, 3.63) is 11.4 Å². The van der Waals surface area contributed by atoms with Crippen molar-refractivity contribution in [3.63, 3.8) is 0 Å². The van der Waals surface area contributed by atoms with Crippen LogP contribution in [0.3, 0.4) is 0 Å². The van der Waals surface area contributed by atoms with E-state index in [9.17, 15) is 8.42 Å². The molecule has 0 aliphatic heterocycles. The van der Waals surface area contributed by atoms with Crippen molar-refractivity contribution in [2.45, 2.75) is 44.6 Å². The van der Waals surface area contributed by atoms with Crippen LogP contribution in [-0.4, -0.2) is 30.0 Å². The standard InChI is InChI=1S/C10H18BrN3O2S/c1-4-9(5-6-11)14-17(15,16)10-7(2)12-13-8(10)3/h9,14H,4-6H2,1-3H3,(H,12,13). The number of alkyl halides is 1. The largest absolute Gasteiger partial charge is 0.281 e. The van der Waals surface area contributed by atoms with Crippen LogP contribution >= 0.6 is 15.9 Å². The van der Waals surface area contributed by atoms with Gasteiger partial charge in [-0.25, -0.2) is 13.1 Å². The molecule has 0 aliphatic rings. The smallest absolute Gasteiger partial charge is 0.244 e. The molecule has 2 N–H and O–H groups in total. The Morgan fingerprint density at radius 2 is 2.12 bits per heavy atom. The first-order valence-corrected chi connectivity index (χ1v) is 8.12. The van der Waals surface area contributed by atoms with Crippen molar-refractivity contribution in [2.24, 2.45) is 0 Å². The lowest BCUT2D eigenvalue weighted by atomic mass is 10.2. The molecule has 5 nitrogen and oxygen atoms in total. The minimum Gasteiger partial charge on any atom is -0.281 e. The number of nitrogens with zero attached hydrogens (tertiary/aromatic N) is 1. The normalized spacial score (nSPS) is 13.9. The maximum Gasteiger partial charge on any atom is 0.244 e. The van der Waals surface area contributed by atoms with E-state index >= 15 is 0 Å². The number of aromatic nitrogens is 2. The molecule has 0 spiro atoms. The highest BCUT2D eigenvalue weighted by Crippen LogP contribution is 2.17. The second kappa shape index (κ2) is 5.97. The van der Waals surface area contributed by atoms with Crippen LogP contribution in [0.2, 0.25) is 0 Å². The predicted octanol–water partition coefficient (Wildman–Crippen LogP) is 1.87. The summed E-state index contributed by atoms with van der Waals surface area (Å²) in [5, 5.41) is 7.37. The van der Waals surface area contributed by atoms with Crippen molar-refractivity contribution in [3.8, 4) is 0 Å². The molecule has 17 heavy (non-hydrogen) atoms. The minimum absolute atomic E-state index is 0.0481. The number of halogens is 1. The molecule has 1 aromatic rings. The zero-order valence-electron chi connectivity index (χ0n) is 10.2. The molecule has 0 fully saturated rings. The van der Waals surface area contributed by atoms with Gasteiger partial charge in [0.15, 0.2) is 0 Å². The first kappa shape index (κ1) is 14.7. The van der Waals surface area contributed by atoms with Crippen molar-refractivity contribution in [2.75, 3.05) is 5.33 Å². The molecule has 1 atom stereocenters. The molecule has 0 saturated carbocycles. The van der Waals surface area contributed by atoms with Crippen LogP contribution in [-0.2, 0) is 10.0 Å². The average molecular weight is 324 g/mol. The number of aryl methyl sites for hydroxylation is 2. The lowest BCUT2D eigenvalue weighted by molar-refractivity contribution is 0.532. The number of aromatic amines is 1. The van der Waals surface area contributed by atoms with Crippen LogP contribution in [0.5, 0.6) is 0 Å². The summed E-state index contributed by atoms with van der Waals surface area (Å²) in [6.07, 6.45) is 1.53. The fourth-order valence-electron chi connectivity index (χ4n) is 1.69. The van der Waals surface area contributed by atoms with Gasteiger partial charge in [-0.05, 0) is 26.7 Å². The quantitative estimate of drug-likeness (QED) is 0.785. The molecule has 98 valence electrons. The molecule has 1 heterocycles. The summed E-state index contributed by atoms with van der Waals surface area (Å²) in [5.74, 6) is 0. The lowest BCUT2D eigenvalue weighted by Gasteiger charge is -2.15. The second-order valence-electron chi connectivity index (χ2n) is 3.97. The molecule has 0 radical (unpaired) electrons. The van der Waals surface area contributed by atoms with Crippen LogP contribution in [0, 0.1) is 13.8 Å². The van der Waals surface area contributed by atoms with Crippen molar-refractivity contribution < 1.29 is 8.42 Å². The highest BCUT2D eigenvalue weighted by atomic mass is 79.9. The molecule has 7 heteroatoms. The lowest BCUT2D eigenvalue weighted by Crippen LogP contribution is -2.35. The van der Waals surface area contributed by atoms with E-state index in [0.29, 0.717) is 11.4 Å². The molecule has 0 aromatic carbocycles. The summed E-state index contributed by atoms with van der Waals surface area (Å²) >= 11 is 3.32. The summed E-state index contributed by atoms with van der Waals surface area (Å²) in [5.41, 5.74) is 1.08. The molecular weight excluding hydrogens is 306 g/mol. The Bertz CT molecular complexity index is 450. The highest BCUT2D eigenvalue weighted by molar-refractivity contribution is 9.09. The van der Waals surface area contributed by atoms with Gasteiger partial charge in [0, 0.05) is 11.4 Å². The van der Waals surface area contributed by atoms with Crippen LogP contribution in [0.1, 0.15) is 31.2 Å². The van der Waals surface area contributed by atoms with E-state index in [2.05, 4.69) is 30.8 Å². The SMILES string of the molecule is CCC(CCBr)NS(=O)(=O)c1c(C)n[nH]c1C. The predicted molar refractivity (Wildman–Crippen MR) is 70.9 cm³/mol. The second-order valence-corrected chi connectivity index (χ2v) is 6.41. The fraction of sp³-hybridized carbons (Fsp3) is 0.700. The molecule has 1 unspecified atom stereocenters. The van der Waals surface area contributed by atoms with Gasteiger partial charge < -0.3 is 0 Å².